The van der Waals surface area contributed by atoms with Crippen molar-refractivity contribution in [3.8, 4) is 6.07 Å². The van der Waals surface area contributed by atoms with Crippen LogP contribution in [0.4, 0.5) is 4.39 Å². The number of nitrogens with zero attached hydrogens (tertiary/aromatic N) is 1. The molecule has 0 aliphatic heterocycles. The van der Waals surface area contributed by atoms with E-state index < -0.39 is 12.1 Å². The Morgan fingerprint density at radius 1 is 1.28 bits per heavy atom. The second-order valence-corrected chi connectivity index (χ2v) is 10.5. The highest BCUT2D eigenvalue weighted by atomic mass is 79.9. The van der Waals surface area contributed by atoms with Gasteiger partial charge in [-0.15, -0.1) is 0 Å². The third-order valence-electron chi connectivity index (χ3n) is 5.43. The highest BCUT2D eigenvalue weighted by Crippen LogP contribution is 2.60. The van der Waals surface area contributed by atoms with Gasteiger partial charge in [0.25, 0.3) is 0 Å². The van der Waals surface area contributed by atoms with Gasteiger partial charge in [0.05, 0.1) is 9.31 Å². The Hall–Kier alpha value is -1.97. The molecule has 0 amide bonds. The van der Waals surface area contributed by atoms with Gasteiger partial charge in [-0.2, -0.15) is 5.26 Å². The van der Waals surface area contributed by atoms with Gasteiger partial charge in [0, 0.05) is 12.0 Å². The lowest BCUT2D eigenvalue weighted by Gasteiger charge is -2.14. The number of benzene rings is 2. The number of hydrogen-bond donors (Lipinski definition) is 0. The van der Waals surface area contributed by atoms with Crippen molar-refractivity contribution in [1.29, 1.82) is 5.26 Å². The average Bonchev–Trinajstić information content (AvgIpc) is 3.21. The summed E-state index contributed by atoms with van der Waals surface area (Å²) in [6.07, 6.45) is 1.24. The molecule has 0 spiro atoms. The van der Waals surface area contributed by atoms with Gasteiger partial charge in [-0.25, -0.2) is 4.39 Å². The fourth-order valence-corrected chi connectivity index (χ4v) is 4.21. The summed E-state index contributed by atoms with van der Waals surface area (Å²) >= 11 is 6.65. The molecule has 0 saturated heterocycles. The van der Waals surface area contributed by atoms with Crippen LogP contribution in [0.15, 0.2) is 58.0 Å². The Labute approximate surface area is 186 Å². The Kier molecular flexibility index (Phi) is 6.60. The van der Waals surface area contributed by atoms with E-state index in [-0.39, 0.29) is 23.1 Å². The maximum absolute atomic E-state index is 14.3. The minimum Gasteiger partial charge on any atom is -0.442 e. The van der Waals surface area contributed by atoms with E-state index in [0.717, 1.165) is 8.96 Å². The highest BCUT2D eigenvalue weighted by molar-refractivity contribution is 9.28. The molecule has 0 heterocycles. The molecule has 1 aliphatic rings. The maximum Gasteiger partial charge on any atom is 0.311 e. The zero-order valence-corrected chi connectivity index (χ0v) is 19.2. The van der Waals surface area contributed by atoms with Crippen LogP contribution in [0.5, 0.6) is 0 Å². The zero-order chi connectivity index (χ0) is 21.2. The Morgan fingerprint density at radius 3 is 2.59 bits per heavy atom. The van der Waals surface area contributed by atoms with Crippen LogP contribution >= 0.6 is 31.9 Å². The molecule has 1 unspecified atom stereocenters. The number of hydrogen-bond acceptors (Lipinski definition) is 3. The summed E-state index contributed by atoms with van der Waals surface area (Å²) in [4.78, 5) is 12.7. The second-order valence-electron chi connectivity index (χ2n) is 7.74. The molecule has 0 bridgehead atoms. The third-order valence-corrected chi connectivity index (χ3v) is 5.96. The maximum atomic E-state index is 14.3. The highest BCUT2D eigenvalue weighted by Gasteiger charge is 2.61. The van der Waals surface area contributed by atoms with Crippen LogP contribution in [0, 0.1) is 34.4 Å². The number of ether oxygens (including phenoxy) is 1. The van der Waals surface area contributed by atoms with Crippen LogP contribution in [-0.2, 0) is 16.0 Å². The second kappa shape index (κ2) is 8.81. The number of allylic oxidation sites excluding steroid dienone is 1. The van der Waals surface area contributed by atoms with Crippen molar-refractivity contribution in [1.82, 2.24) is 0 Å². The minimum atomic E-state index is -1.08. The normalized spacial score (nSPS) is 20.3. The summed E-state index contributed by atoms with van der Waals surface area (Å²) in [6.45, 7) is 3.97. The number of esters is 1. The van der Waals surface area contributed by atoms with E-state index in [9.17, 15) is 14.4 Å². The minimum absolute atomic E-state index is 0.0185. The van der Waals surface area contributed by atoms with Crippen LogP contribution in [0.3, 0.4) is 0 Å². The summed E-state index contributed by atoms with van der Waals surface area (Å²) in [7, 11) is 0. The molecule has 0 N–H and O–H groups in total. The molecule has 1 fully saturated rings. The predicted octanol–water partition coefficient (Wildman–Crippen LogP) is 6.43. The number of halogens is 3. The SMILES string of the molecule is CC1(C)[C@H](C(=O)OC(C#N)c2ccc(F)c(Cc3ccccc3)c2)[C@@H]1C=C(Br)Br. The van der Waals surface area contributed by atoms with Crippen molar-refractivity contribution in [3.63, 3.8) is 0 Å². The van der Waals surface area contributed by atoms with Crippen molar-refractivity contribution < 1.29 is 13.9 Å². The first-order valence-electron chi connectivity index (χ1n) is 9.19. The van der Waals surface area contributed by atoms with Crippen molar-refractivity contribution in [3.05, 3.63) is 80.5 Å². The van der Waals surface area contributed by atoms with Gasteiger partial charge in [0.2, 0.25) is 6.10 Å². The molecule has 1 saturated carbocycles. The molecular formula is C23H20Br2FNO2. The molecule has 0 aromatic heterocycles. The van der Waals surface area contributed by atoms with Gasteiger partial charge < -0.3 is 4.74 Å². The van der Waals surface area contributed by atoms with E-state index in [4.69, 9.17) is 4.74 Å². The van der Waals surface area contributed by atoms with Crippen molar-refractivity contribution >= 4 is 37.8 Å². The first-order valence-corrected chi connectivity index (χ1v) is 10.8. The summed E-state index contributed by atoms with van der Waals surface area (Å²) in [5, 5.41) is 9.57. The zero-order valence-electron chi connectivity index (χ0n) is 16.0. The smallest absolute Gasteiger partial charge is 0.311 e. The molecule has 2 aromatic rings. The van der Waals surface area contributed by atoms with Gasteiger partial charge in [-0.1, -0.05) is 56.3 Å². The number of rotatable bonds is 6. The van der Waals surface area contributed by atoms with E-state index in [2.05, 4.69) is 31.9 Å². The van der Waals surface area contributed by atoms with E-state index in [1.165, 1.54) is 12.1 Å². The number of nitriles is 1. The van der Waals surface area contributed by atoms with Crippen molar-refractivity contribution in [2.45, 2.75) is 26.4 Å². The Bertz CT molecular complexity index is 978. The molecule has 3 rings (SSSR count). The van der Waals surface area contributed by atoms with Crippen LogP contribution < -0.4 is 0 Å². The Balaban J connectivity index is 1.77. The molecule has 3 nitrogen and oxygen atoms in total. The molecule has 3 atom stereocenters. The van der Waals surface area contributed by atoms with Crippen LogP contribution in [0.25, 0.3) is 0 Å². The first-order chi connectivity index (χ1) is 13.7. The predicted molar refractivity (Wildman–Crippen MR) is 117 cm³/mol. The quantitative estimate of drug-likeness (QED) is 0.412. The lowest BCUT2D eigenvalue weighted by atomic mass is 10.00. The summed E-state index contributed by atoms with van der Waals surface area (Å²) in [5.41, 5.74) is 1.65. The molecule has 2 aromatic carbocycles. The largest absolute Gasteiger partial charge is 0.442 e. The van der Waals surface area contributed by atoms with Gasteiger partial charge in [-0.05, 0) is 66.5 Å². The topological polar surface area (TPSA) is 50.1 Å². The van der Waals surface area contributed by atoms with E-state index in [0.29, 0.717) is 17.5 Å². The van der Waals surface area contributed by atoms with E-state index in [1.54, 1.807) is 6.07 Å². The molecular weight excluding hydrogens is 501 g/mol. The van der Waals surface area contributed by atoms with Crippen LogP contribution in [0.2, 0.25) is 0 Å². The summed E-state index contributed by atoms with van der Waals surface area (Å²) < 4.78 is 20.6. The Morgan fingerprint density at radius 2 is 1.97 bits per heavy atom. The van der Waals surface area contributed by atoms with E-state index in [1.807, 2.05) is 56.3 Å². The molecule has 0 radical (unpaired) electrons. The fourth-order valence-electron chi connectivity index (χ4n) is 3.64. The van der Waals surface area contributed by atoms with Crippen molar-refractivity contribution in [2.24, 2.45) is 17.3 Å². The first kappa shape index (κ1) is 21.7. The van der Waals surface area contributed by atoms with Gasteiger partial charge in [0.1, 0.15) is 11.9 Å². The number of carbonyl (C=O) groups is 1. The van der Waals surface area contributed by atoms with Gasteiger partial charge >= 0.3 is 5.97 Å². The standard InChI is InChI=1S/C23H20Br2FNO2/c1-23(2)17(12-20(24)25)21(23)22(28)29-19(13-27)15-8-9-18(26)16(11-15)10-14-6-4-3-5-7-14/h3-9,11-12,17,19,21H,10H2,1-2H3/t17-,19?,21-/m0/s1. The molecule has 29 heavy (non-hydrogen) atoms. The fraction of sp³-hybridized carbons (Fsp3) is 0.304. The lowest BCUT2D eigenvalue weighted by molar-refractivity contribution is -0.149. The molecule has 150 valence electrons. The van der Waals surface area contributed by atoms with Gasteiger partial charge in [-0.3, -0.25) is 4.79 Å². The van der Waals surface area contributed by atoms with Gasteiger partial charge in [0.15, 0.2) is 0 Å². The van der Waals surface area contributed by atoms with Crippen molar-refractivity contribution in [2.75, 3.05) is 0 Å². The summed E-state index contributed by atoms with van der Waals surface area (Å²) in [6, 6.07) is 16.0. The van der Waals surface area contributed by atoms with E-state index >= 15 is 0 Å². The molecule has 1 aliphatic carbocycles. The third kappa shape index (κ3) is 4.96. The summed E-state index contributed by atoms with van der Waals surface area (Å²) in [5.74, 6) is -1.08. The monoisotopic (exact) mass is 519 g/mol. The number of carbonyl (C=O) groups excluding carboxylic acids is 1. The average molecular weight is 521 g/mol. The van der Waals surface area contributed by atoms with Crippen LogP contribution in [-0.4, -0.2) is 5.97 Å². The van der Waals surface area contributed by atoms with Crippen LogP contribution in [0.1, 0.15) is 36.6 Å². The molecule has 6 heteroatoms. The lowest BCUT2D eigenvalue weighted by Crippen LogP contribution is -2.15.